The Balaban J connectivity index is 1.50. The molecule has 8 nitrogen and oxygen atoms in total. The average molecular weight is 676 g/mol. The maximum absolute atomic E-state index is 13.9. The second-order valence-corrected chi connectivity index (χ2v) is 12.2. The first-order valence-electron chi connectivity index (χ1n) is 11.5. The minimum absolute atomic E-state index is 0.0286. The average Bonchev–Trinajstić information content (AvgIpc) is 3.36. The summed E-state index contributed by atoms with van der Waals surface area (Å²) in [6.07, 6.45) is -4.53. The molecule has 0 N–H and O–H groups in total. The first-order chi connectivity index (χ1) is 19.0. The van der Waals surface area contributed by atoms with Crippen LogP contribution in [0.5, 0.6) is 11.5 Å². The number of aromatic nitrogens is 2. The van der Waals surface area contributed by atoms with Gasteiger partial charge in [0.15, 0.2) is 0 Å². The lowest BCUT2D eigenvalue weighted by atomic mass is 10.1. The Morgan fingerprint density at radius 1 is 1.12 bits per heavy atom. The van der Waals surface area contributed by atoms with E-state index in [9.17, 15) is 21.6 Å². The van der Waals surface area contributed by atoms with Crippen LogP contribution >= 0.6 is 39.1 Å². The monoisotopic (exact) mass is 674 g/mol. The van der Waals surface area contributed by atoms with Gasteiger partial charge in [-0.3, -0.25) is 0 Å². The van der Waals surface area contributed by atoms with Gasteiger partial charge >= 0.3 is 6.18 Å². The van der Waals surface area contributed by atoms with Crippen LogP contribution in [0.4, 0.5) is 29.7 Å². The molecule has 0 saturated heterocycles. The molecule has 15 heteroatoms. The summed E-state index contributed by atoms with van der Waals surface area (Å²) in [6, 6.07) is 14.4. The van der Waals surface area contributed by atoms with E-state index in [1.54, 1.807) is 29.2 Å². The summed E-state index contributed by atoms with van der Waals surface area (Å²) in [5, 5.41) is 0.0615. The van der Waals surface area contributed by atoms with Crippen molar-refractivity contribution in [2.75, 3.05) is 29.5 Å². The van der Waals surface area contributed by atoms with E-state index in [-0.39, 0.29) is 38.7 Å². The van der Waals surface area contributed by atoms with E-state index in [1.807, 2.05) is 0 Å². The Labute approximate surface area is 245 Å². The van der Waals surface area contributed by atoms with Crippen molar-refractivity contribution in [3.63, 3.8) is 0 Å². The van der Waals surface area contributed by atoms with Gasteiger partial charge in [-0.15, -0.1) is 0 Å². The van der Waals surface area contributed by atoms with Crippen LogP contribution in [0, 0.1) is 0 Å². The predicted octanol–water partition coefficient (Wildman–Crippen LogP) is 6.91. The first-order valence-corrected chi connectivity index (χ1v) is 14.9. The number of nitrogens with zero attached hydrogens (tertiary/aromatic N) is 4. The van der Waals surface area contributed by atoms with Gasteiger partial charge in [0, 0.05) is 17.6 Å². The number of benzene rings is 3. The number of hydrogen-bond acceptors (Lipinski definition) is 8. The van der Waals surface area contributed by atoms with Gasteiger partial charge in [-0.1, -0.05) is 23.7 Å². The molecule has 0 radical (unpaired) electrons. The zero-order valence-corrected chi connectivity index (χ0v) is 24.5. The van der Waals surface area contributed by atoms with Crippen molar-refractivity contribution >= 4 is 65.6 Å². The van der Waals surface area contributed by atoms with Gasteiger partial charge in [-0.2, -0.15) is 22.5 Å². The van der Waals surface area contributed by atoms with Crippen molar-refractivity contribution in [3.8, 4) is 11.5 Å². The molecule has 0 bridgehead atoms. The maximum atomic E-state index is 13.9. The lowest BCUT2D eigenvalue weighted by Crippen LogP contribution is -2.32. The highest BCUT2D eigenvalue weighted by Gasteiger charge is 2.33. The topological polar surface area (TPSA) is 84.9 Å². The van der Waals surface area contributed by atoms with Crippen LogP contribution in [0.25, 0.3) is 0 Å². The van der Waals surface area contributed by atoms with Crippen LogP contribution < -0.4 is 18.7 Å². The fraction of sp³-hybridized carbons (Fsp3) is 0.200. The van der Waals surface area contributed by atoms with E-state index < -0.39 is 21.8 Å². The third kappa shape index (κ3) is 5.71. The summed E-state index contributed by atoms with van der Waals surface area (Å²) in [6.45, 7) is 0.429. The van der Waals surface area contributed by atoms with E-state index in [2.05, 4.69) is 25.3 Å². The Hall–Kier alpha value is -3.07. The quantitative estimate of drug-likeness (QED) is 0.211. The molecule has 0 amide bonds. The number of alkyl halides is 3. The van der Waals surface area contributed by atoms with Crippen LogP contribution in [0.2, 0.25) is 5.02 Å². The molecule has 0 unspecified atom stereocenters. The van der Waals surface area contributed by atoms with E-state index in [1.165, 1.54) is 31.4 Å². The third-order valence-electron chi connectivity index (χ3n) is 6.04. The molecule has 0 spiro atoms. The molecule has 1 aromatic heterocycles. The normalized spacial score (nSPS) is 13.5. The number of hydrogen-bond donors (Lipinski definition) is 0. The van der Waals surface area contributed by atoms with Crippen LogP contribution in [0.1, 0.15) is 11.1 Å². The van der Waals surface area contributed by atoms with E-state index in [4.69, 9.17) is 21.1 Å². The summed E-state index contributed by atoms with van der Waals surface area (Å²) in [5.41, 5.74) is 0.631. The first kappa shape index (κ1) is 28.5. The standard InChI is InChI=1S/C25H19BrClF3N4O4S2/c1-37-17-5-2-15(3-6-17)14-34(24-31-23(26)32-39-24)40(35,36)18-7-9-21-22(13-18)38-11-10-33(21)20-8-4-16(12-19(20)27)25(28,29)30/h2-9,12-13H,10-11,14H2,1H3. The smallest absolute Gasteiger partial charge is 0.416 e. The highest BCUT2D eigenvalue weighted by Crippen LogP contribution is 2.43. The van der Waals surface area contributed by atoms with Crippen LogP contribution in [-0.4, -0.2) is 38.0 Å². The number of methoxy groups -OCH3 is 1. The van der Waals surface area contributed by atoms with Gasteiger partial charge in [-0.05, 0) is 64.0 Å². The molecule has 2 heterocycles. The molecule has 3 aromatic carbocycles. The fourth-order valence-corrected chi connectivity index (χ4v) is 7.07. The summed E-state index contributed by atoms with van der Waals surface area (Å²) in [5.74, 6) is 0.868. The Morgan fingerprint density at radius 2 is 1.85 bits per heavy atom. The van der Waals surface area contributed by atoms with Crippen LogP contribution in [0.3, 0.4) is 0 Å². The number of halogens is 5. The van der Waals surface area contributed by atoms with Crippen molar-refractivity contribution in [2.45, 2.75) is 17.6 Å². The van der Waals surface area contributed by atoms with Gasteiger partial charge in [-0.25, -0.2) is 12.7 Å². The minimum Gasteiger partial charge on any atom is -0.497 e. The van der Waals surface area contributed by atoms with E-state index >= 15 is 0 Å². The van der Waals surface area contributed by atoms with Crippen molar-refractivity contribution in [1.29, 1.82) is 0 Å². The van der Waals surface area contributed by atoms with Crippen LogP contribution in [-0.2, 0) is 22.7 Å². The van der Waals surface area contributed by atoms with Gasteiger partial charge < -0.3 is 14.4 Å². The van der Waals surface area contributed by atoms with Gasteiger partial charge in [0.25, 0.3) is 10.0 Å². The predicted molar refractivity (Wildman–Crippen MR) is 149 cm³/mol. The fourth-order valence-electron chi connectivity index (χ4n) is 4.09. The van der Waals surface area contributed by atoms with Crippen molar-refractivity contribution in [3.05, 3.63) is 81.5 Å². The molecule has 40 heavy (non-hydrogen) atoms. The summed E-state index contributed by atoms with van der Waals surface area (Å²) in [7, 11) is -2.62. The summed E-state index contributed by atoms with van der Waals surface area (Å²) >= 11 is 10.3. The second kappa shape index (κ2) is 11.1. The molecule has 0 saturated carbocycles. The number of rotatable bonds is 7. The molecular weight excluding hydrogens is 657 g/mol. The molecule has 1 aliphatic rings. The number of anilines is 3. The van der Waals surface area contributed by atoms with Crippen molar-refractivity contribution in [1.82, 2.24) is 9.36 Å². The molecule has 0 atom stereocenters. The lowest BCUT2D eigenvalue weighted by Gasteiger charge is -2.32. The minimum atomic E-state index is -4.53. The largest absolute Gasteiger partial charge is 0.497 e. The second-order valence-electron chi connectivity index (χ2n) is 8.50. The summed E-state index contributed by atoms with van der Waals surface area (Å²) < 4.78 is 83.6. The number of ether oxygens (including phenoxy) is 2. The number of sulfonamides is 1. The van der Waals surface area contributed by atoms with Gasteiger partial charge in [0.05, 0.1) is 47.1 Å². The van der Waals surface area contributed by atoms with Gasteiger partial charge in [0.1, 0.15) is 18.1 Å². The Morgan fingerprint density at radius 3 is 2.48 bits per heavy atom. The molecule has 1 aliphatic heterocycles. The molecule has 5 rings (SSSR count). The Kier molecular flexibility index (Phi) is 7.88. The lowest BCUT2D eigenvalue weighted by molar-refractivity contribution is -0.137. The summed E-state index contributed by atoms with van der Waals surface area (Å²) in [4.78, 5) is 5.84. The molecule has 210 valence electrons. The number of fused-ring (bicyclic) bond motifs is 1. The van der Waals surface area contributed by atoms with Crippen molar-refractivity contribution in [2.24, 2.45) is 0 Å². The molecule has 0 aliphatic carbocycles. The molecule has 4 aromatic rings. The zero-order valence-electron chi connectivity index (χ0n) is 20.5. The molecule has 0 fully saturated rings. The van der Waals surface area contributed by atoms with E-state index in [0.29, 0.717) is 29.2 Å². The van der Waals surface area contributed by atoms with Crippen LogP contribution in [0.15, 0.2) is 70.3 Å². The highest BCUT2D eigenvalue weighted by atomic mass is 79.9. The van der Waals surface area contributed by atoms with Gasteiger partial charge in [0.2, 0.25) is 9.87 Å². The SMILES string of the molecule is COc1ccc(CN(c2nc(Br)ns2)S(=O)(=O)c2ccc3c(c2)OCCN3c2ccc(C(F)(F)F)cc2Cl)cc1. The Bertz CT molecular complexity index is 1650. The van der Waals surface area contributed by atoms with E-state index in [0.717, 1.165) is 28.0 Å². The maximum Gasteiger partial charge on any atom is 0.416 e. The third-order valence-corrected chi connectivity index (χ3v) is 9.52. The van der Waals surface area contributed by atoms with Crippen molar-refractivity contribution < 1.29 is 31.1 Å². The zero-order chi connectivity index (χ0) is 28.7. The molecular formula is C25H19BrClF3N4O4S2. The highest BCUT2D eigenvalue weighted by molar-refractivity contribution is 9.10.